The second-order valence-electron chi connectivity index (χ2n) is 15.9. The second kappa shape index (κ2) is 19.2. The molecule has 57 heavy (non-hydrogen) atoms. The molecule has 8 rings (SSSR count). The van der Waals surface area contributed by atoms with Crippen LogP contribution >= 0.6 is 24.8 Å². The zero-order chi connectivity index (χ0) is 38.5. The van der Waals surface area contributed by atoms with E-state index in [1.54, 1.807) is 0 Å². The summed E-state index contributed by atoms with van der Waals surface area (Å²) in [6, 6.07) is 16.7. The predicted octanol–water partition coefficient (Wildman–Crippen LogP) is 8.98. The first-order chi connectivity index (χ1) is 26.5. The molecule has 4 aliphatic carbocycles. The van der Waals surface area contributed by atoms with E-state index in [4.69, 9.17) is 10.5 Å². The number of aromatic nitrogens is 4. The number of hydrogen-bond donors (Lipinski definition) is 4. The van der Waals surface area contributed by atoms with Crippen molar-refractivity contribution in [2.45, 2.75) is 115 Å². The Hall–Kier alpha value is -4.65. The van der Waals surface area contributed by atoms with Crippen LogP contribution in [0, 0.1) is 11.6 Å². The molecule has 4 aliphatic rings. The van der Waals surface area contributed by atoms with Crippen LogP contribution < -0.4 is 21.7 Å². The van der Waals surface area contributed by atoms with Crippen LogP contribution in [-0.4, -0.2) is 55.8 Å². The maximum absolute atomic E-state index is 14.6. The van der Waals surface area contributed by atoms with Crippen molar-refractivity contribution in [3.63, 3.8) is 0 Å². The highest BCUT2D eigenvalue weighted by molar-refractivity contribution is 5.86. The lowest BCUT2D eigenvalue weighted by molar-refractivity contribution is 0.0492. The van der Waals surface area contributed by atoms with Gasteiger partial charge < -0.3 is 26.4 Å². The number of nitrogens with one attached hydrogen (secondary N) is 3. The number of alkyl carbamates (subject to hydrolysis) is 1. The van der Waals surface area contributed by atoms with Crippen molar-refractivity contribution in [1.29, 1.82) is 0 Å². The van der Waals surface area contributed by atoms with Gasteiger partial charge in [-0.05, 0) is 107 Å². The number of anilines is 2. The molecule has 2 saturated carbocycles. The van der Waals surface area contributed by atoms with Crippen molar-refractivity contribution in [2.24, 2.45) is 5.73 Å². The van der Waals surface area contributed by atoms with Gasteiger partial charge in [0.2, 0.25) is 11.9 Å². The van der Waals surface area contributed by atoms with E-state index in [0.29, 0.717) is 23.3 Å². The number of amides is 1. The minimum Gasteiger partial charge on any atom is -0.444 e. The fraction of sp³-hybridized carbons (Fsp3) is 0.419. The minimum absolute atomic E-state index is 0. The molecule has 14 heteroatoms. The van der Waals surface area contributed by atoms with E-state index in [1.807, 2.05) is 69.3 Å². The van der Waals surface area contributed by atoms with E-state index >= 15 is 0 Å². The van der Waals surface area contributed by atoms with Gasteiger partial charge in [-0.3, -0.25) is 0 Å². The standard InChI is InChI=1S/C24H29FN4O2.C19H21FN4.2ClH/c1-24(2,3)31-23(30)28-17-9-6-8-16(13-17)27-22-26-14-20(25)21(29-22)19-12-11-15-7-4-5-10-18(15)19;20-17-11-22-19(23-14-6-3-5-13(21)10-14)24-18(17)16-9-8-12-4-1-2-7-15(12)16;;/h4-5,7,10,12,14,16-17H,6,8-9,11,13H2,1-3H3,(H,28,30)(H,26,27,29);1-2,4,7,9,11,13-14H,3,5-6,8,10,21H2,(H,22,23,24);2*1H/t16-,17+;13-,14+;;/m10../s1. The molecule has 0 aliphatic heterocycles. The number of nitrogens with two attached hydrogens (primary N) is 1. The summed E-state index contributed by atoms with van der Waals surface area (Å²) in [6.45, 7) is 5.54. The number of nitrogens with zero attached hydrogens (tertiary/aromatic N) is 4. The molecular weight excluding hydrogens is 769 g/mol. The summed E-state index contributed by atoms with van der Waals surface area (Å²) in [5, 5.41) is 9.63. The zero-order valence-corrected chi connectivity index (χ0v) is 34.2. The number of benzene rings is 2. The Balaban J connectivity index is 0.000000216. The lowest BCUT2D eigenvalue weighted by Gasteiger charge is -2.31. The van der Waals surface area contributed by atoms with Gasteiger partial charge in [0.05, 0.1) is 12.4 Å². The number of hydrogen-bond acceptors (Lipinski definition) is 9. The van der Waals surface area contributed by atoms with Gasteiger partial charge in [0.25, 0.3) is 0 Å². The molecule has 5 N–H and O–H groups in total. The lowest BCUT2D eigenvalue weighted by Crippen LogP contribution is -2.44. The Morgan fingerprint density at radius 1 is 0.719 bits per heavy atom. The van der Waals surface area contributed by atoms with Gasteiger partial charge in [-0.2, -0.15) is 0 Å². The van der Waals surface area contributed by atoms with Crippen molar-refractivity contribution in [1.82, 2.24) is 25.3 Å². The monoisotopic (exact) mass is 820 g/mol. The summed E-state index contributed by atoms with van der Waals surface area (Å²) in [5.74, 6) is 0.0749. The third kappa shape index (κ3) is 11.1. The Labute approximate surface area is 345 Å². The highest BCUT2D eigenvalue weighted by Crippen LogP contribution is 2.35. The number of carbonyl (C=O) groups excluding carboxylic acids is 1. The molecule has 2 aromatic carbocycles. The van der Waals surface area contributed by atoms with Crippen LogP contribution in [0.4, 0.5) is 25.5 Å². The van der Waals surface area contributed by atoms with Crippen LogP contribution in [0.2, 0.25) is 0 Å². The second-order valence-corrected chi connectivity index (χ2v) is 15.9. The molecule has 4 atom stereocenters. The van der Waals surface area contributed by atoms with Gasteiger partial charge >= 0.3 is 6.09 Å². The van der Waals surface area contributed by atoms with E-state index in [2.05, 4.69) is 48.0 Å². The number of carbonyl (C=O) groups is 1. The van der Waals surface area contributed by atoms with Gasteiger partial charge in [0.1, 0.15) is 17.0 Å². The lowest BCUT2D eigenvalue weighted by atomic mass is 9.91. The quantitative estimate of drug-likeness (QED) is 0.144. The Kier molecular flexibility index (Phi) is 14.6. The van der Waals surface area contributed by atoms with E-state index in [0.717, 1.165) is 86.5 Å². The van der Waals surface area contributed by atoms with Crippen LogP contribution in [0.25, 0.3) is 11.1 Å². The number of allylic oxidation sites excluding steroid dienone is 2. The molecule has 0 bridgehead atoms. The largest absolute Gasteiger partial charge is 0.444 e. The molecule has 0 saturated heterocycles. The van der Waals surface area contributed by atoms with Crippen molar-refractivity contribution >= 4 is 54.0 Å². The van der Waals surface area contributed by atoms with Gasteiger partial charge in [-0.15, -0.1) is 24.8 Å². The maximum atomic E-state index is 14.6. The summed E-state index contributed by atoms with van der Waals surface area (Å²) < 4.78 is 34.3. The third-order valence-electron chi connectivity index (χ3n) is 10.4. The minimum atomic E-state index is -0.526. The third-order valence-corrected chi connectivity index (χ3v) is 10.4. The van der Waals surface area contributed by atoms with Gasteiger partial charge in [0, 0.05) is 35.3 Å². The molecule has 0 unspecified atom stereocenters. The first kappa shape index (κ1) is 43.5. The van der Waals surface area contributed by atoms with Crippen LogP contribution in [0.5, 0.6) is 0 Å². The number of halogens is 4. The Morgan fingerprint density at radius 3 is 1.70 bits per heavy atom. The summed E-state index contributed by atoms with van der Waals surface area (Å²) in [4.78, 5) is 29.3. The highest BCUT2D eigenvalue weighted by Gasteiger charge is 2.27. The molecule has 2 aromatic heterocycles. The zero-order valence-electron chi connectivity index (χ0n) is 32.6. The average Bonchev–Trinajstić information content (AvgIpc) is 3.78. The Morgan fingerprint density at radius 2 is 1.19 bits per heavy atom. The first-order valence-electron chi connectivity index (χ1n) is 19.4. The van der Waals surface area contributed by atoms with E-state index in [9.17, 15) is 13.6 Å². The molecule has 0 radical (unpaired) electrons. The average molecular weight is 822 g/mol. The molecule has 2 fully saturated rings. The molecule has 0 spiro atoms. The van der Waals surface area contributed by atoms with Crippen LogP contribution in [0.1, 0.15) is 106 Å². The molecule has 4 aromatic rings. The van der Waals surface area contributed by atoms with Crippen LogP contribution in [0.15, 0.2) is 73.1 Å². The normalized spacial score (nSPS) is 20.8. The van der Waals surface area contributed by atoms with E-state index < -0.39 is 17.5 Å². The molecule has 2 heterocycles. The molecular formula is C43H52Cl2F2N8O2. The van der Waals surface area contributed by atoms with Gasteiger partial charge in [-0.25, -0.2) is 33.5 Å². The number of ether oxygens (including phenoxy) is 1. The van der Waals surface area contributed by atoms with Crippen molar-refractivity contribution < 1.29 is 18.3 Å². The summed E-state index contributed by atoms with van der Waals surface area (Å²) >= 11 is 0. The predicted molar refractivity (Wildman–Crippen MR) is 226 cm³/mol. The maximum Gasteiger partial charge on any atom is 0.407 e. The van der Waals surface area contributed by atoms with Gasteiger partial charge in [-0.1, -0.05) is 60.7 Å². The summed E-state index contributed by atoms with van der Waals surface area (Å²) in [6.07, 6.45) is 15.4. The smallest absolute Gasteiger partial charge is 0.407 e. The topological polar surface area (TPSA) is 140 Å². The van der Waals surface area contributed by atoms with Gasteiger partial charge in [0.15, 0.2) is 11.6 Å². The first-order valence-corrected chi connectivity index (χ1v) is 19.4. The van der Waals surface area contributed by atoms with Crippen LogP contribution in [0.3, 0.4) is 0 Å². The fourth-order valence-electron chi connectivity index (χ4n) is 7.92. The fourth-order valence-corrected chi connectivity index (χ4v) is 7.92. The molecule has 304 valence electrons. The van der Waals surface area contributed by atoms with Crippen LogP contribution in [-0.2, 0) is 17.6 Å². The number of rotatable bonds is 7. The summed E-state index contributed by atoms with van der Waals surface area (Å²) in [7, 11) is 0. The summed E-state index contributed by atoms with van der Waals surface area (Å²) in [5.41, 5.74) is 12.3. The SMILES string of the molecule is CC(C)(C)OC(=O)N[C@H]1CCC[C@@H](Nc2ncc(F)c(C3=CCc4ccccc43)n2)C1.Cl.Cl.N[C@H]1CCC[C@@H](Nc2ncc(F)c(C3=CCc4ccccc43)n2)C1. The van der Waals surface area contributed by atoms with Crippen molar-refractivity contribution in [2.75, 3.05) is 10.6 Å². The molecule has 1 amide bonds. The Bertz CT molecular complexity index is 2090. The number of fused-ring (bicyclic) bond motifs is 2. The van der Waals surface area contributed by atoms with Crippen molar-refractivity contribution in [3.05, 3.63) is 118 Å². The van der Waals surface area contributed by atoms with E-state index in [-0.39, 0.29) is 54.8 Å². The molecule has 10 nitrogen and oxygen atoms in total. The van der Waals surface area contributed by atoms with E-state index in [1.165, 1.54) is 23.5 Å². The highest BCUT2D eigenvalue weighted by atomic mass is 35.5. The van der Waals surface area contributed by atoms with Crippen molar-refractivity contribution in [3.8, 4) is 0 Å².